The molecular formula is C18H20F2N3O3S+. The van der Waals surface area contributed by atoms with E-state index in [1.54, 1.807) is 0 Å². The quantitative estimate of drug-likeness (QED) is 0.773. The van der Waals surface area contributed by atoms with E-state index in [-0.39, 0.29) is 36.3 Å². The van der Waals surface area contributed by atoms with Gasteiger partial charge in [0, 0.05) is 5.69 Å². The summed E-state index contributed by atoms with van der Waals surface area (Å²) in [5.74, 6) is -1.08. The molecule has 1 aliphatic rings. The number of carbonyl (C=O) groups is 1. The van der Waals surface area contributed by atoms with Gasteiger partial charge in [-0.2, -0.15) is 4.31 Å². The van der Waals surface area contributed by atoms with Crippen LogP contribution < -0.4 is 10.2 Å². The van der Waals surface area contributed by atoms with E-state index in [4.69, 9.17) is 0 Å². The predicted molar refractivity (Wildman–Crippen MR) is 95.8 cm³/mol. The second-order valence-corrected chi connectivity index (χ2v) is 8.28. The summed E-state index contributed by atoms with van der Waals surface area (Å²) in [5.41, 5.74) is 0.512. The first-order valence-corrected chi connectivity index (χ1v) is 9.93. The van der Waals surface area contributed by atoms with Gasteiger partial charge in [-0.05, 0) is 48.5 Å². The smallest absolute Gasteiger partial charge is 0.279 e. The van der Waals surface area contributed by atoms with Crippen LogP contribution in [0.15, 0.2) is 53.4 Å². The number of benzene rings is 2. The number of piperazine rings is 1. The van der Waals surface area contributed by atoms with E-state index in [0.717, 1.165) is 17.0 Å². The molecule has 9 heteroatoms. The van der Waals surface area contributed by atoms with E-state index in [0.29, 0.717) is 18.8 Å². The van der Waals surface area contributed by atoms with Crippen LogP contribution in [0.4, 0.5) is 14.5 Å². The first kappa shape index (κ1) is 19.4. The van der Waals surface area contributed by atoms with Crippen LogP contribution in [0, 0.1) is 11.6 Å². The fourth-order valence-electron chi connectivity index (χ4n) is 2.94. The van der Waals surface area contributed by atoms with E-state index in [1.165, 1.54) is 40.7 Å². The number of rotatable bonds is 5. The fourth-order valence-corrected chi connectivity index (χ4v) is 4.38. The van der Waals surface area contributed by atoms with Crippen molar-refractivity contribution in [2.24, 2.45) is 0 Å². The summed E-state index contributed by atoms with van der Waals surface area (Å²) in [5, 5.41) is 2.70. The Hall–Kier alpha value is -2.36. The van der Waals surface area contributed by atoms with Crippen molar-refractivity contribution in [3.05, 3.63) is 60.2 Å². The first-order valence-electron chi connectivity index (χ1n) is 8.49. The minimum atomic E-state index is -3.67. The zero-order valence-corrected chi connectivity index (χ0v) is 15.3. The Kier molecular flexibility index (Phi) is 5.83. The highest BCUT2D eigenvalue weighted by atomic mass is 32.2. The number of anilines is 1. The normalized spacial score (nSPS) is 16.2. The fraction of sp³-hybridized carbons (Fsp3) is 0.278. The number of hydrogen-bond acceptors (Lipinski definition) is 3. The van der Waals surface area contributed by atoms with E-state index >= 15 is 0 Å². The highest BCUT2D eigenvalue weighted by Gasteiger charge is 2.31. The second kappa shape index (κ2) is 8.12. The van der Waals surface area contributed by atoms with Crippen LogP contribution in [-0.2, 0) is 14.8 Å². The van der Waals surface area contributed by atoms with Crippen LogP contribution in [0.3, 0.4) is 0 Å². The third kappa shape index (κ3) is 4.88. The standard InChI is InChI=1S/C18H19F2N3O3S/c19-14-1-5-16(6-2-14)21-18(24)13-22-9-11-23(12-10-22)27(25,26)17-7-3-15(20)4-8-17/h1-8H,9-13H2,(H,21,24)/p+1. The summed E-state index contributed by atoms with van der Waals surface area (Å²) in [6.45, 7) is 1.72. The van der Waals surface area contributed by atoms with Crippen molar-refractivity contribution in [1.82, 2.24) is 4.31 Å². The van der Waals surface area contributed by atoms with E-state index < -0.39 is 15.8 Å². The monoisotopic (exact) mass is 396 g/mol. The molecule has 2 N–H and O–H groups in total. The van der Waals surface area contributed by atoms with Gasteiger partial charge in [-0.1, -0.05) is 0 Å². The maximum absolute atomic E-state index is 13.0. The topological polar surface area (TPSA) is 70.9 Å². The lowest BCUT2D eigenvalue weighted by Crippen LogP contribution is -3.15. The van der Waals surface area contributed by atoms with Gasteiger partial charge in [0.1, 0.15) is 11.6 Å². The van der Waals surface area contributed by atoms with Crippen LogP contribution in [0.2, 0.25) is 0 Å². The Labute approximate surface area is 156 Å². The molecule has 1 fully saturated rings. The molecule has 0 aromatic heterocycles. The number of halogens is 2. The van der Waals surface area contributed by atoms with E-state index in [1.807, 2.05) is 0 Å². The third-order valence-corrected chi connectivity index (χ3v) is 6.33. The Balaban J connectivity index is 1.53. The minimum Gasteiger partial charge on any atom is -0.325 e. The average molecular weight is 396 g/mol. The molecule has 1 amide bonds. The molecule has 0 atom stereocenters. The average Bonchev–Trinajstić information content (AvgIpc) is 2.64. The largest absolute Gasteiger partial charge is 0.325 e. The van der Waals surface area contributed by atoms with Crippen molar-refractivity contribution < 1.29 is 26.9 Å². The van der Waals surface area contributed by atoms with Crippen molar-refractivity contribution in [3.63, 3.8) is 0 Å². The molecule has 1 heterocycles. The van der Waals surface area contributed by atoms with Crippen LogP contribution >= 0.6 is 0 Å². The minimum absolute atomic E-state index is 0.0569. The Morgan fingerprint density at radius 2 is 1.48 bits per heavy atom. The number of nitrogens with zero attached hydrogens (tertiary/aromatic N) is 1. The number of carbonyl (C=O) groups excluding carboxylic acids is 1. The molecule has 0 saturated carbocycles. The molecule has 0 radical (unpaired) electrons. The molecular weight excluding hydrogens is 376 g/mol. The van der Waals surface area contributed by atoms with Gasteiger partial charge < -0.3 is 10.2 Å². The maximum Gasteiger partial charge on any atom is 0.279 e. The molecule has 0 unspecified atom stereocenters. The number of amides is 1. The molecule has 0 spiro atoms. The maximum atomic E-state index is 13.0. The van der Waals surface area contributed by atoms with Gasteiger partial charge in [-0.15, -0.1) is 0 Å². The predicted octanol–water partition coefficient (Wildman–Crippen LogP) is 0.493. The number of quaternary nitrogens is 1. The van der Waals surface area contributed by atoms with Crippen molar-refractivity contribution in [2.75, 3.05) is 38.0 Å². The molecule has 144 valence electrons. The number of sulfonamides is 1. The Morgan fingerprint density at radius 1 is 0.963 bits per heavy atom. The molecule has 3 rings (SSSR count). The molecule has 2 aromatic rings. The highest BCUT2D eigenvalue weighted by Crippen LogP contribution is 2.16. The summed E-state index contributed by atoms with van der Waals surface area (Å²) in [7, 11) is -3.67. The van der Waals surface area contributed by atoms with Gasteiger partial charge in [-0.3, -0.25) is 4.79 Å². The summed E-state index contributed by atoms with van der Waals surface area (Å²) in [6, 6.07) is 10.2. The van der Waals surface area contributed by atoms with Gasteiger partial charge >= 0.3 is 0 Å². The molecule has 0 aliphatic carbocycles. The molecule has 1 aliphatic heterocycles. The first-order chi connectivity index (χ1) is 12.8. The number of hydrogen-bond donors (Lipinski definition) is 2. The zero-order chi connectivity index (χ0) is 19.4. The Bertz CT molecular complexity index is 894. The summed E-state index contributed by atoms with van der Waals surface area (Å²) in [4.78, 5) is 13.1. The van der Waals surface area contributed by atoms with Crippen molar-refractivity contribution in [1.29, 1.82) is 0 Å². The SMILES string of the molecule is O=C(C[NH+]1CCN(S(=O)(=O)c2ccc(F)cc2)CC1)Nc1ccc(F)cc1. The van der Waals surface area contributed by atoms with Crippen molar-refractivity contribution in [3.8, 4) is 0 Å². The van der Waals surface area contributed by atoms with Gasteiger partial charge in [-0.25, -0.2) is 17.2 Å². The van der Waals surface area contributed by atoms with Crippen LogP contribution in [0.25, 0.3) is 0 Å². The molecule has 2 aromatic carbocycles. The highest BCUT2D eigenvalue weighted by molar-refractivity contribution is 7.89. The van der Waals surface area contributed by atoms with Gasteiger partial charge in [0.25, 0.3) is 5.91 Å². The molecule has 27 heavy (non-hydrogen) atoms. The molecule has 0 bridgehead atoms. The Morgan fingerprint density at radius 3 is 2.04 bits per heavy atom. The second-order valence-electron chi connectivity index (χ2n) is 6.34. The van der Waals surface area contributed by atoms with E-state index in [9.17, 15) is 22.0 Å². The summed E-state index contributed by atoms with van der Waals surface area (Å²) in [6.07, 6.45) is 0. The van der Waals surface area contributed by atoms with E-state index in [2.05, 4.69) is 5.32 Å². The summed E-state index contributed by atoms with van der Waals surface area (Å²) >= 11 is 0. The third-order valence-electron chi connectivity index (χ3n) is 4.42. The van der Waals surface area contributed by atoms with Gasteiger partial charge in [0.15, 0.2) is 6.54 Å². The molecule has 1 saturated heterocycles. The van der Waals surface area contributed by atoms with Crippen molar-refractivity contribution >= 4 is 21.6 Å². The zero-order valence-electron chi connectivity index (χ0n) is 14.5. The lowest BCUT2D eigenvalue weighted by molar-refractivity contribution is -0.895. The molecule has 6 nitrogen and oxygen atoms in total. The lowest BCUT2D eigenvalue weighted by atomic mass is 10.3. The lowest BCUT2D eigenvalue weighted by Gasteiger charge is -2.31. The van der Waals surface area contributed by atoms with Crippen LogP contribution in [0.5, 0.6) is 0 Å². The van der Waals surface area contributed by atoms with Crippen LogP contribution in [-0.4, -0.2) is 51.4 Å². The van der Waals surface area contributed by atoms with Gasteiger partial charge in [0.05, 0.1) is 31.1 Å². The number of nitrogens with one attached hydrogen (secondary N) is 2. The van der Waals surface area contributed by atoms with Crippen molar-refractivity contribution in [2.45, 2.75) is 4.90 Å². The van der Waals surface area contributed by atoms with Gasteiger partial charge in [0.2, 0.25) is 10.0 Å². The summed E-state index contributed by atoms with van der Waals surface area (Å²) < 4.78 is 52.4. The van der Waals surface area contributed by atoms with Crippen LogP contribution in [0.1, 0.15) is 0 Å².